The highest BCUT2D eigenvalue weighted by atomic mass is 15.1. The number of nitrogens with one attached hydrogen (secondary N) is 1. The maximum atomic E-state index is 4.04. The molecule has 76 valence electrons. The van der Waals surface area contributed by atoms with Crippen LogP contribution in [0.15, 0.2) is 18.3 Å². The Morgan fingerprint density at radius 1 is 1.57 bits per heavy atom. The van der Waals surface area contributed by atoms with Crippen molar-refractivity contribution < 1.29 is 0 Å². The largest absolute Gasteiger partial charge is 0.308 e. The molecule has 1 heterocycles. The molecule has 2 rings (SSSR count). The summed E-state index contributed by atoms with van der Waals surface area (Å²) in [4.78, 5) is 0. The van der Waals surface area contributed by atoms with Crippen LogP contribution in [0, 0.1) is 5.41 Å². The fourth-order valence-electron chi connectivity index (χ4n) is 1.56. The predicted molar refractivity (Wildman–Crippen MR) is 55.7 cm³/mol. The summed E-state index contributed by atoms with van der Waals surface area (Å²) in [5, 5.41) is 11.4. The van der Waals surface area contributed by atoms with Gasteiger partial charge < -0.3 is 5.32 Å². The van der Waals surface area contributed by atoms with E-state index in [1.165, 1.54) is 12.8 Å². The van der Waals surface area contributed by atoms with Crippen LogP contribution in [0.4, 0.5) is 0 Å². The van der Waals surface area contributed by atoms with E-state index < -0.39 is 0 Å². The molecule has 14 heavy (non-hydrogen) atoms. The van der Waals surface area contributed by atoms with E-state index in [0.29, 0.717) is 11.5 Å². The summed E-state index contributed by atoms with van der Waals surface area (Å²) < 4.78 is 0. The average molecular weight is 191 g/mol. The van der Waals surface area contributed by atoms with E-state index in [2.05, 4.69) is 29.4 Å². The third kappa shape index (κ3) is 2.10. The molecule has 1 unspecified atom stereocenters. The molecule has 1 aliphatic carbocycles. The van der Waals surface area contributed by atoms with Gasteiger partial charge in [0.1, 0.15) is 0 Å². The molecular formula is C11H17N3. The van der Waals surface area contributed by atoms with Crippen LogP contribution < -0.4 is 5.32 Å². The normalized spacial score (nSPS) is 20.4. The lowest BCUT2D eigenvalue weighted by Crippen LogP contribution is -2.33. The minimum absolute atomic E-state index is 0.530. The Hall–Kier alpha value is -0.960. The lowest BCUT2D eigenvalue weighted by atomic mass is 10.0. The summed E-state index contributed by atoms with van der Waals surface area (Å²) in [7, 11) is 0. The van der Waals surface area contributed by atoms with Crippen LogP contribution in [0.25, 0.3) is 0 Å². The zero-order chi connectivity index (χ0) is 10.0. The fraction of sp³-hybridized carbons (Fsp3) is 0.636. The first-order valence-corrected chi connectivity index (χ1v) is 5.21. The van der Waals surface area contributed by atoms with Gasteiger partial charge in [0.05, 0.1) is 5.69 Å². The Labute approximate surface area is 84.9 Å². The van der Waals surface area contributed by atoms with Gasteiger partial charge in [-0.3, -0.25) is 0 Å². The van der Waals surface area contributed by atoms with Crippen LogP contribution in [0.2, 0.25) is 0 Å². The molecule has 0 amide bonds. The molecule has 0 bridgehead atoms. The van der Waals surface area contributed by atoms with Crippen molar-refractivity contribution >= 4 is 0 Å². The summed E-state index contributed by atoms with van der Waals surface area (Å²) in [5.41, 5.74) is 1.55. The van der Waals surface area contributed by atoms with Crippen molar-refractivity contribution in [3.63, 3.8) is 0 Å². The maximum Gasteiger partial charge on any atom is 0.0769 e. The first-order valence-electron chi connectivity index (χ1n) is 5.21. The highest BCUT2D eigenvalue weighted by Gasteiger charge is 2.42. The predicted octanol–water partition coefficient (Wildman–Crippen LogP) is 1.75. The summed E-state index contributed by atoms with van der Waals surface area (Å²) in [6.07, 6.45) is 4.40. The van der Waals surface area contributed by atoms with Crippen LogP contribution in [0.1, 0.15) is 32.4 Å². The second-order valence-corrected chi connectivity index (χ2v) is 4.47. The number of nitrogens with zero attached hydrogens (tertiary/aromatic N) is 2. The zero-order valence-corrected chi connectivity index (χ0v) is 8.83. The van der Waals surface area contributed by atoms with Gasteiger partial charge in [-0.1, -0.05) is 6.92 Å². The van der Waals surface area contributed by atoms with Gasteiger partial charge in [0, 0.05) is 18.8 Å². The molecule has 0 spiro atoms. The number of hydrogen-bond donors (Lipinski definition) is 1. The first kappa shape index (κ1) is 9.59. The lowest BCUT2D eigenvalue weighted by Gasteiger charge is -2.19. The van der Waals surface area contributed by atoms with Crippen LogP contribution in [-0.4, -0.2) is 16.2 Å². The molecular weight excluding hydrogens is 174 g/mol. The highest BCUT2D eigenvalue weighted by Crippen LogP contribution is 2.47. The smallest absolute Gasteiger partial charge is 0.0769 e. The lowest BCUT2D eigenvalue weighted by molar-refractivity contribution is 0.377. The molecule has 1 saturated carbocycles. The molecule has 1 aromatic heterocycles. The van der Waals surface area contributed by atoms with Gasteiger partial charge in [0.25, 0.3) is 0 Å². The number of aromatic nitrogens is 2. The summed E-state index contributed by atoms with van der Waals surface area (Å²) in [6, 6.07) is 4.50. The number of rotatable bonds is 4. The van der Waals surface area contributed by atoms with Crippen LogP contribution >= 0.6 is 0 Å². The average Bonchev–Trinajstić information content (AvgIpc) is 2.96. The summed E-state index contributed by atoms with van der Waals surface area (Å²) in [5.74, 6) is 0. The van der Waals surface area contributed by atoms with Gasteiger partial charge in [-0.25, -0.2) is 0 Å². The second kappa shape index (κ2) is 3.65. The Morgan fingerprint density at radius 3 is 2.93 bits per heavy atom. The van der Waals surface area contributed by atoms with Crippen molar-refractivity contribution in [3.05, 3.63) is 24.0 Å². The fourth-order valence-corrected chi connectivity index (χ4v) is 1.56. The zero-order valence-electron chi connectivity index (χ0n) is 8.83. The highest BCUT2D eigenvalue weighted by molar-refractivity contribution is 5.01. The van der Waals surface area contributed by atoms with Gasteiger partial charge in [0.15, 0.2) is 0 Å². The van der Waals surface area contributed by atoms with E-state index in [1.807, 2.05) is 12.1 Å². The third-order valence-corrected chi connectivity index (χ3v) is 3.30. The minimum atomic E-state index is 0.530. The molecule has 1 aromatic rings. The maximum absolute atomic E-state index is 4.04. The van der Waals surface area contributed by atoms with Crippen LogP contribution in [0.3, 0.4) is 0 Å². The molecule has 3 heteroatoms. The van der Waals surface area contributed by atoms with Crippen molar-refractivity contribution in [2.24, 2.45) is 5.41 Å². The van der Waals surface area contributed by atoms with Crippen LogP contribution in [-0.2, 0) is 6.54 Å². The Balaban J connectivity index is 1.83. The SMILES string of the molecule is CC(NCc1cccnn1)C1(C)CC1. The van der Waals surface area contributed by atoms with E-state index in [9.17, 15) is 0 Å². The summed E-state index contributed by atoms with van der Waals surface area (Å²) >= 11 is 0. The van der Waals surface area contributed by atoms with Crippen molar-refractivity contribution in [2.45, 2.75) is 39.3 Å². The minimum Gasteiger partial charge on any atom is -0.308 e. The first-order chi connectivity index (χ1) is 6.71. The molecule has 0 radical (unpaired) electrons. The second-order valence-electron chi connectivity index (χ2n) is 4.47. The van der Waals surface area contributed by atoms with Gasteiger partial charge in [-0.05, 0) is 37.3 Å². The Kier molecular flexibility index (Phi) is 2.50. The molecule has 1 aliphatic rings. The topological polar surface area (TPSA) is 37.8 Å². The Morgan fingerprint density at radius 2 is 2.36 bits per heavy atom. The van der Waals surface area contributed by atoms with E-state index in [1.54, 1.807) is 6.20 Å². The van der Waals surface area contributed by atoms with Crippen LogP contribution in [0.5, 0.6) is 0 Å². The van der Waals surface area contributed by atoms with Crippen molar-refractivity contribution in [2.75, 3.05) is 0 Å². The standard InChI is InChI=1S/C11H17N3/c1-9(11(2)5-6-11)12-8-10-4-3-7-13-14-10/h3-4,7,9,12H,5-6,8H2,1-2H3. The quantitative estimate of drug-likeness (QED) is 0.788. The molecule has 1 fully saturated rings. The van der Waals surface area contributed by atoms with Gasteiger partial charge in [-0.15, -0.1) is 0 Å². The van der Waals surface area contributed by atoms with E-state index in [-0.39, 0.29) is 0 Å². The molecule has 1 atom stereocenters. The molecule has 0 saturated heterocycles. The van der Waals surface area contributed by atoms with Gasteiger partial charge >= 0.3 is 0 Å². The van der Waals surface area contributed by atoms with Crippen molar-refractivity contribution in [3.8, 4) is 0 Å². The molecule has 3 nitrogen and oxygen atoms in total. The Bertz CT molecular complexity index is 293. The van der Waals surface area contributed by atoms with Crippen molar-refractivity contribution in [1.29, 1.82) is 0 Å². The number of hydrogen-bond acceptors (Lipinski definition) is 3. The molecule has 1 N–H and O–H groups in total. The van der Waals surface area contributed by atoms with E-state index >= 15 is 0 Å². The van der Waals surface area contributed by atoms with Gasteiger partial charge in [0.2, 0.25) is 0 Å². The monoisotopic (exact) mass is 191 g/mol. The molecule has 0 aliphatic heterocycles. The van der Waals surface area contributed by atoms with E-state index in [0.717, 1.165) is 12.2 Å². The van der Waals surface area contributed by atoms with E-state index in [4.69, 9.17) is 0 Å². The summed E-state index contributed by atoms with van der Waals surface area (Å²) in [6.45, 7) is 5.41. The molecule has 0 aromatic carbocycles. The van der Waals surface area contributed by atoms with Crippen molar-refractivity contribution in [1.82, 2.24) is 15.5 Å². The third-order valence-electron chi connectivity index (χ3n) is 3.30. The van der Waals surface area contributed by atoms with Gasteiger partial charge in [-0.2, -0.15) is 10.2 Å².